The van der Waals surface area contributed by atoms with Crippen LogP contribution in [0.1, 0.15) is 63.8 Å². The van der Waals surface area contributed by atoms with Crippen LogP contribution in [0.25, 0.3) is 0 Å². The summed E-state index contributed by atoms with van der Waals surface area (Å²) < 4.78 is 23.1. The Morgan fingerprint density at radius 1 is 0.510 bits per heavy atom. The van der Waals surface area contributed by atoms with Crippen LogP contribution >= 0.6 is 0 Å². The Labute approximate surface area is 303 Å². The first-order valence-electron chi connectivity index (χ1n) is 17.5. The molecule has 0 aliphatic heterocycles. The molecule has 9 nitrogen and oxygen atoms in total. The maximum absolute atomic E-state index is 12.8. The van der Waals surface area contributed by atoms with Gasteiger partial charge in [0.25, 0.3) is 0 Å². The average molecular weight is 696 g/mol. The molecule has 0 aromatic heterocycles. The zero-order chi connectivity index (χ0) is 36.7. The zero-order valence-corrected chi connectivity index (χ0v) is 30.7. The van der Waals surface area contributed by atoms with Crippen molar-refractivity contribution in [2.45, 2.75) is 90.9 Å². The Balaban J connectivity index is 1.38. The van der Waals surface area contributed by atoms with E-state index in [9.17, 15) is 9.59 Å². The van der Waals surface area contributed by atoms with Gasteiger partial charge < -0.3 is 34.9 Å². The molecule has 0 radical (unpaired) electrons. The monoisotopic (exact) mass is 695 g/mol. The Morgan fingerprint density at radius 2 is 0.863 bits per heavy atom. The number of hydrogen-bond acceptors (Lipinski definition) is 7. The molecule has 0 spiro atoms. The van der Waals surface area contributed by atoms with Crippen LogP contribution < -0.4 is 25.4 Å². The van der Waals surface area contributed by atoms with Crippen molar-refractivity contribution in [3.63, 3.8) is 0 Å². The van der Waals surface area contributed by atoms with Crippen molar-refractivity contribution in [1.82, 2.24) is 16.0 Å². The average Bonchev–Trinajstić information content (AvgIpc) is 3.07. The maximum Gasteiger partial charge on any atom is 0.407 e. The number of ether oxygens (including phenoxy) is 4. The van der Waals surface area contributed by atoms with E-state index >= 15 is 0 Å². The molecule has 2 amide bonds. The SMILES string of the molecule is CC(C)(C)OC(=O)NC(CNC[C@@H](Cc1ccc(OCc2ccccc2)cc1)NC(=O)OC(C)(C)C)Cc1ccc(OCc2ccccc2)cc1. The van der Waals surface area contributed by atoms with Crippen molar-refractivity contribution < 1.29 is 28.5 Å². The molecule has 0 aliphatic carbocycles. The topological polar surface area (TPSA) is 107 Å². The van der Waals surface area contributed by atoms with Gasteiger partial charge in [-0.3, -0.25) is 0 Å². The number of benzene rings is 4. The number of carbonyl (C=O) groups excluding carboxylic acids is 2. The Kier molecular flexibility index (Phi) is 14.3. The van der Waals surface area contributed by atoms with Gasteiger partial charge in [0.2, 0.25) is 0 Å². The highest BCUT2D eigenvalue weighted by molar-refractivity contribution is 5.68. The van der Waals surface area contributed by atoms with E-state index in [2.05, 4.69) is 16.0 Å². The second-order valence-corrected chi connectivity index (χ2v) is 14.6. The van der Waals surface area contributed by atoms with Crippen molar-refractivity contribution in [3.05, 3.63) is 131 Å². The largest absolute Gasteiger partial charge is 0.489 e. The number of hydrogen-bond donors (Lipinski definition) is 3. The second kappa shape index (κ2) is 18.8. The molecule has 4 aromatic rings. The minimum absolute atomic E-state index is 0.292. The Hall–Kier alpha value is -5.02. The first kappa shape index (κ1) is 38.8. The van der Waals surface area contributed by atoms with E-state index in [-0.39, 0.29) is 12.1 Å². The molecular weight excluding hydrogens is 642 g/mol. The van der Waals surface area contributed by atoms with E-state index in [4.69, 9.17) is 18.9 Å². The fraction of sp³-hybridized carbons (Fsp3) is 0.381. The van der Waals surface area contributed by atoms with Gasteiger partial charge in [-0.2, -0.15) is 0 Å². The first-order chi connectivity index (χ1) is 24.3. The van der Waals surface area contributed by atoms with E-state index in [1.807, 2.05) is 151 Å². The molecule has 0 saturated heterocycles. The number of amides is 2. The molecule has 51 heavy (non-hydrogen) atoms. The first-order valence-corrected chi connectivity index (χ1v) is 17.5. The Morgan fingerprint density at radius 3 is 1.20 bits per heavy atom. The van der Waals surface area contributed by atoms with Gasteiger partial charge in [-0.15, -0.1) is 0 Å². The van der Waals surface area contributed by atoms with Crippen molar-refractivity contribution in [2.75, 3.05) is 13.1 Å². The van der Waals surface area contributed by atoms with E-state index in [0.29, 0.717) is 39.1 Å². The van der Waals surface area contributed by atoms with Gasteiger partial charge in [0.1, 0.15) is 35.9 Å². The third-order valence-corrected chi connectivity index (χ3v) is 7.53. The molecule has 1 unspecified atom stereocenters. The smallest absolute Gasteiger partial charge is 0.407 e. The Bertz CT molecular complexity index is 1490. The van der Waals surface area contributed by atoms with Crippen LogP contribution in [-0.4, -0.2) is 48.6 Å². The summed E-state index contributed by atoms with van der Waals surface area (Å²) in [4.78, 5) is 25.7. The van der Waals surface area contributed by atoms with Gasteiger partial charge in [-0.1, -0.05) is 84.9 Å². The molecule has 3 N–H and O–H groups in total. The third kappa shape index (κ3) is 15.6. The van der Waals surface area contributed by atoms with Gasteiger partial charge in [0.15, 0.2) is 0 Å². The summed E-state index contributed by atoms with van der Waals surface area (Å²) in [5.41, 5.74) is 2.98. The standard InChI is InChI=1S/C42H53N3O6/c1-41(2,3)50-39(46)44-35(25-31-17-21-37(22-18-31)48-29-33-13-9-7-10-14-33)27-43-28-36(45-40(47)51-42(4,5)6)26-32-19-23-38(24-20-32)49-30-34-15-11-8-12-16-34/h7-24,35-36,43H,25-30H2,1-6H3,(H,44,46)(H,45,47)/t35-,36?/m1/s1. The van der Waals surface area contributed by atoms with Crippen molar-refractivity contribution >= 4 is 12.2 Å². The van der Waals surface area contributed by atoms with Crippen molar-refractivity contribution in [1.29, 1.82) is 0 Å². The molecule has 0 saturated carbocycles. The van der Waals surface area contributed by atoms with Gasteiger partial charge in [0, 0.05) is 25.2 Å². The molecule has 2 atom stereocenters. The molecular formula is C42H53N3O6. The lowest BCUT2D eigenvalue weighted by Gasteiger charge is -2.26. The number of alkyl carbamates (subject to hydrolysis) is 2. The molecule has 0 bridgehead atoms. The fourth-order valence-corrected chi connectivity index (χ4v) is 5.22. The van der Waals surface area contributed by atoms with Crippen LogP contribution in [0.15, 0.2) is 109 Å². The fourth-order valence-electron chi connectivity index (χ4n) is 5.22. The normalized spacial score (nSPS) is 12.7. The maximum atomic E-state index is 12.8. The summed E-state index contributed by atoms with van der Waals surface area (Å²) in [5.74, 6) is 1.54. The van der Waals surface area contributed by atoms with E-state index in [0.717, 1.165) is 33.8 Å². The predicted molar refractivity (Wildman–Crippen MR) is 201 cm³/mol. The number of rotatable bonds is 16. The summed E-state index contributed by atoms with van der Waals surface area (Å²) in [6.45, 7) is 12.9. The lowest BCUT2D eigenvalue weighted by atomic mass is 10.0. The van der Waals surface area contributed by atoms with Crippen molar-refractivity contribution in [2.24, 2.45) is 0 Å². The molecule has 0 fully saturated rings. The van der Waals surface area contributed by atoms with Crippen LogP contribution in [0.2, 0.25) is 0 Å². The summed E-state index contributed by atoms with van der Waals surface area (Å²) in [6.07, 6.45) is 0.129. The van der Waals surface area contributed by atoms with Gasteiger partial charge in [0.05, 0.1) is 0 Å². The highest BCUT2D eigenvalue weighted by atomic mass is 16.6. The number of nitrogens with one attached hydrogen (secondary N) is 3. The highest BCUT2D eigenvalue weighted by Crippen LogP contribution is 2.18. The lowest BCUT2D eigenvalue weighted by molar-refractivity contribution is 0.0498. The molecule has 0 heterocycles. The van der Waals surface area contributed by atoms with Gasteiger partial charge >= 0.3 is 12.2 Å². The predicted octanol–water partition coefficient (Wildman–Crippen LogP) is 8.01. The van der Waals surface area contributed by atoms with Crippen LogP contribution in [-0.2, 0) is 35.5 Å². The summed E-state index contributed by atoms with van der Waals surface area (Å²) in [7, 11) is 0. The zero-order valence-electron chi connectivity index (χ0n) is 30.7. The molecule has 4 aromatic carbocycles. The van der Waals surface area contributed by atoms with Crippen LogP contribution in [0.3, 0.4) is 0 Å². The van der Waals surface area contributed by atoms with Crippen LogP contribution in [0.4, 0.5) is 9.59 Å². The molecule has 272 valence electrons. The minimum atomic E-state index is -0.635. The highest BCUT2D eigenvalue weighted by Gasteiger charge is 2.22. The number of carbonyl (C=O) groups is 2. The second-order valence-electron chi connectivity index (χ2n) is 14.6. The van der Waals surface area contributed by atoms with E-state index in [1.54, 1.807) is 0 Å². The summed E-state index contributed by atoms with van der Waals surface area (Å²) in [6, 6.07) is 35.2. The van der Waals surface area contributed by atoms with E-state index in [1.165, 1.54) is 0 Å². The summed E-state index contributed by atoms with van der Waals surface area (Å²) >= 11 is 0. The molecule has 0 aliphatic rings. The van der Waals surface area contributed by atoms with E-state index < -0.39 is 23.4 Å². The van der Waals surface area contributed by atoms with Crippen LogP contribution in [0.5, 0.6) is 11.5 Å². The lowest BCUT2D eigenvalue weighted by Crippen LogP contribution is -2.49. The minimum Gasteiger partial charge on any atom is -0.489 e. The van der Waals surface area contributed by atoms with Crippen LogP contribution in [0, 0.1) is 0 Å². The third-order valence-electron chi connectivity index (χ3n) is 7.53. The molecule has 4 rings (SSSR count). The van der Waals surface area contributed by atoms with Gasteiger partial charge in [-0.25, -0.2) is 9.59 Å². The quantitative estimate of drug-likeness (QED) is 0.109. The summed E-state index contributed by atoms with van der Waals surface area (Å²) in [5, 5.41) is 9.53. The van der Waals surface area contributed by atoms with Gasteiger partial charge in [-0.05, 0) is 101 Å². The molecule has 9 heteroatoms. The van der Waals surface area contributed by atoms with Crippen molar-refractivity contribution in [3.8, 4) is 11.5 Å².